The lowest BCUT2D eigenvalue weighted by molar-refractivity contribution is -0.286. The van der Waals surface area contributed by atoms with Crippen molar-refractivity contribution in [2.24, 2.45) is 0 Å². The van der Waals surface area contributed by atoms with E-state index in [9.17, 15) is 18.4 Å². The number of anilines is 1. The van der Waals surface area contributed by atoms with E-state index in [2.05, 4.69) is 14.8 Å². The molecule has 0 atom stereocenters. The molecule has 1 N–H and O–H groups in total. The van der Waals surface area contributed by atoms with Crippen molar-refractivity contribution in [2.75, 3.05) is 5.32 Å². The molecule has 7 nitrogen and oxygen atoms in total. The number of hydrogen-bond acceptors (Lipinski definition) is 5. The van der Waals surface area contributed by atoms with Crippen LogP contribution in [0.4, 0.5) is 14.5 Å². The number of amides is 1. The number of fused-ring (bicyclic) bond motifs is 2. The van der Waals surface area contributed by atoms with Crippen LogP contribution in [-0.2, 0) is 11.3 Å². The van der Waals surface area contributed by atoms with Crippen LogP contribution in [0, 0.1) is 0 Å². The summed E-state index contributed by atoms with van der Waals surface area (Å²) in [6, 6.07) is 8.39. The van der Waals surface area contributed by atoms with Gasteiger partial charge in [0.1, 0.15) is 6.54 Å². The van der Waals surface area contributed by atoms with Gasteiger partial charge in [0.05, 0.1) is 5.52 Å². The minimum absolute atomic E-state index is 0.137. The van der Waals surface area contributed by atoms with E-state index in [1.807, 2.05) is 0 Å². The van der Waals surface area contributed by atoms with Crippen molar-refractivity contribution in [3.8, 4) is 11.5 Å². The maximum absolute atomic E-state index is 13.0. The first-order valence-corrected chi connectivity index (χ1v) is 7.67. The third-order valence-corrected chi connectivity index (χ3v) is 3.85. The molecule has 0 saturated heterocycles. The summed E-state index contributed by atoms with van der Waals surface area (Å²) in [5, 5.41) is 2.88. The molecule has 2 aromatic carbocycles. The molecule has 10 heteroatoms. The van der Waals surface area contributed by atoms with E-state index in [1.54, 1.807) is 12.1 Å². The Morgan fingerprint density at radius 1 is 1.15 bits per heavy atom. The zero-order valence-electron chi connectivity index (χ0n) is 12.8. The highest BCUT2D eigenvalue weighted by Crippen LogP contribution is 2.42. The number of carbonyl (C=O) groups is 1. The van der Waals surface area contributed by atoms with Crippen molar-refractivity contribution in [2.45, 2.75) is 12.8 Å². The molecule has 0 bridgehead atoms. The molecule has 0 unspecified atom stereocenters. The van der Waals surface area contributed by atoms with E-state index in [0.29, 0.717) is 10.5 Å². The van der Waals surface area contributed by atoms with Crippen molar-refractivity contribution in [1.29, 1.82) is 0 Å². The summed E-state index contributed by atoms with van der Waals surface area (Å²) in [7, 11) is 0. The van der Waals surface area contributed by atoms with Crippen molar-refractivity contribution in [1.82, 2.24) is 4.57 Å². The van der Waals surface area contributed by atoms with Crippen LogP contribution in [0.1, 0.15) is 0 Å². The molecule has 134 valence electrons. The Morgan fingerprint density at radius 3 is 2.73 bits per heavy atom. The maximum Gasteiger partial charge on any atom is 0.586 e. The fraction of sp³-hybridized carbons (Fsp3) is 0.125. The van der Waals surface area contributed by atoms with E-state index < -0.39 is 18.0 Å². The molecule has 2 heterocycles. The van der Waals surface area contributed by atoms with Gasteiger partial charge in [-0.2, -0.15) is 0 Å². The minimum atomic E-state index is -3.74. The number of aromatic nitrogens is 1. The second-order valence-electron chi connectivity index (χ2n) is 5.44. The molecule has 0 radical (unpaired) electrons. The molecule has 1 aliphatic heterocycles. The standard InChI is InChI=1S/C16H9ClF2N2O5/c17-8-1-3-10-12(5-8)24-15(23)21(10)7-14(22)20-9-2-4-11-13(6-9)26-16(18,19)25-11/h1-6H,7H2,(H,20,22). The molecular weight excluding hydrogens is 374 g/mol. The van der Waals surface area contributed by atoms with Gasteiger partial charge in [-0.25, -0.2) is 4.79 Å². The monoisotopic (exact) mass is 382 g/mol. The van der Waals surface area contributed by atoms with Crippen LogP contribution >= 0.6 is 11.6 Å². The van der Waals surface area contributed by atoms with E-state index in [4.69, 9.17) is 16.0 Å². The molecule has 26 heavy (non-hydrogen) atoms. The van der Waals surface area contributed by atoms with Crippen LogP contribution in [0.25, 0.3) is 11.1 Å². The normalized spacial score (nSPS) is 14.6. The second kappa shape index (κ2) is 5.73. The fourth-order valence-electron chi connectivity index (χ4n) is 2.56. The number of nitrogens with zero attached hydrogens (tertiary/aromatic N) is 1. The van der Waals surface area contributed by atoms with Crippen LogP contribution in [0.3, 0.4) is 0 Å². The SMILES string of the molecule is O=C(Cn1c(=O)oc2cc(Cl)ccc21)Nc1ccc2c(c1)OC(F)(F)O2. The zero-order chi connectivity index (χ0) is 18.5. The van der Waals surface area contributed by atoms with E-state index in [-0.39, 0.29) is 29.3 Å². The summed E-state index contributed by atoms with van der Waals surface area (Å²) in [6.07, 6.45) is -3.74. The number of oxazole rings is 1. The Morgan fingerprint density at radius 2 is 1.92 bits per heavy atom. The number of benzene rings is 2. The van der Waals surface area contributed by atoms with Gasteiger partial charge in [0.2, 0.25) is 5.91 Å². The van der Waals surface area contributed by atoms with Gasteiger partial charge in [-0.3, -0.25) is 9.36 Å². The molecule has 1 aliphatic rings. The topological polar surface area (TPSA) is 82.7 Å². The lowest BCUT2D eigenvalue weighted by Gasteiger charge is -2.06. The van der Waals surface area contributed by atoms with Crippen LogP contribution < -0.4 is 20.5 Å². The quantitative estimate of drug-likeness (QED) is 0.752. The smallest absolute Gasteiger partial charge is 0.408 e. The Hall–Kier alpha value is -3.07. The number of rotatable bonds is 3. The Bertz CT molecular complexity index is 1090. The molecule has 0 aliphatic carbocycles. The molecule has 0 fully saturated rings. The van der Waals surface area contributed by atoms with Crippen molar-refractivity contribution < 1.29 is 27.5 Å². The summed E-state index contributed by atoms with van der Waals surface area (Å²) < 4.78 is 40.8. The van der Waals surface area contributed by atoms with Crippen LogP contribution in [-0.4, -0.2) is 16.8 Å². The highest BCUT2D eigenvalue weighted by Gasteiger charge is 2.43. The minimum Gasteiger partial charge on any atom is -0.408 e. The summed E-state index contributed by atoms with van der Waals surface area (Å²) in [6.45, 7) is -0.335. The summed E-state index contributed by atoms with van der Waals surface area (Å²) in [4.78, 5) is 24.1. The van der Waals surface area contributed by atoms with Crippen molar-refractivity contribution >= 4 is 34.3 Å². The van der Waals surface area contributed by atoms with Gasteiger partial charge in [-0.1, -0.05) is 11.6 Å². The summed E-state index contributed by atoms with van der Waals surface area (Å²) in [5.41, 5.74) is 0.861. The third kappa shape index (κ3) is 2.97. The van der Waals surface area contributed by atoms with Crippen LogP contribution in [0.15, 0.2) is 45.6 Å². The highest BCUT2D eigenvalue weighted by molar-refractivity contribution is 6.31. The zero-order valence-corrected chi connectivity index (χ0v) is 13.5. The number of halogens is 3. The van der Waals surface area contributed by atoms with Gasteiger partial charge in [0.25, 0.3) is 0 Å². The predicted octanol–water partition coefficient (Wildman–Crippen LogP) is 3.21. The Balaban J connectivity index is 1.54. The molecular formula is C16H9ClF2N2O5. The lowest BCUT2D eigenvalue weighted by atomic mass is 10.2. The first-order valence-electron chi connectivity index (χ1n) is 7.29. The maximum atomic E-state index is 13.0. The van der Waals surface area contributed by atoms with Gasteiger partial charge in [0, 0.05) is 22.8 Å². The fourth-order valence-corrected chi connectivity index (χ4v) is 2.72. The first-order chi connectivity index (χ1) is 12.3. The number of alkyl halides is 2. The van der Waals surface area contributed by atoms with Gasteiger partial charge < -0.3 is 19.2 Å². The third-order valence-electron chi connectivity index (χ3n) is 3.62. The molecule has 0 saturated carbocycles. The number of carbonyl (C=O) groups excluding carboxylic acids is 1. The highest BCUT2D eigenvalue weighted by atomic mass is 35.5. The molecule has 4 rings (SSSR count). The van der Waals surface area contributed by atoms with Crippen LogP contribution in [0.2, 0.25) is 5.02 Å². The average molecular weight is 383 g/mol. The Labute approximate surface area is 148 Å². The van der Waals surface area contributed by atoms with E-state index in [0.717, 1.165) is 4.57 Å². The molecule has 3 aromatic rings. The predicted molar refractivity (Wildman–Crippen MR) is 86.8 cm³/mol. The molecule has 1 aromatic heterocycles. The molecule has 1 amide bonds. The first kappa shape index (κ1) is 16.4. The number of nitrogens with one attached hydrogen (secondary N) is 1. The Kier molecular flexibility index (Phi) is 3.62. The van der Waals surface area contributed by atoms with E-state index in [1.165, 1.54) is 24.3 Å². The van der Waals surface area contributed by atoms with Gasteiger partial charge in [0.15, 0.2) is 17.1 Å². The molecule has 0 spiro atoms. The van der Waals surface area contributed by atoms with Gasteiger partial charge in [-0.15, -0.1) is 8.78 Å². The summed E-state index contributed by atoms with van der Waals surface area (Å²) >= 11 is 5.83. The lowest BCUT2D eigenvalue weighted by Crippen LogP contribution is -2.26. The van der Waals surface area contributed by atoms with Gasteiger partial charge >= 0.3 is 12.1 Å². The average Bonchev–Trinajstić information content (AvgIpc) is 3.01. The number of ether oxygens (including phenoxy) is 2. The number of hydrogen-bond donors (Lipinski definition) is 1. The van der Waals surface area contributed by atoms with Crippen molar-refractivity contribution in [3.63, 3.8) is 0 Å². The second-order valence-corrected chi connectivity index (χ2v) is 5.88. The van der Waals surface area contributed by atoms with Crippen molar-refractivity contribution in [3.05, 3.63) is 52.0 Å². The van der Waals surface area contributed by atoms with E-state index >= 15 is 0 Å². The summed E-state index contributed by atoms with van der Waals surface area (Å²) in [5.74, 6) is -1.62. The van der Waals surface area contributed by atoms with Crippen LogP contribution in [0.5, 0.6) is 11.5 Å². The largest absolute Gasteiger partial charge is 0.586 e. The van der Waals surface area contributed by atoms with Gasteiger partial charge in [-0.05, 0) is 24.3 Å².